The van der Waals surface area contributed by atoms with E-state index in [-0.39, 0.29) is 40.5 Å². The van der Waals surface area contributed by atoms with Gasteiger partial charge in [-0.05, 0) is 44.1 Å². The van der Waals surface area contributed by atoms with Crippen LogP contribution in [0.1, 0.15) is 81.8 Å². The molecule has 31 heavy (non-hydrogen) atoms. The van der Waals surface area contributed by atoms with Crippen LogP contribution in [0.25, 0.3) is 0 Å². The summed E-state index contributed by atoms with van der Waals surface area (Å²) in [5, 5.41) is 13.7. The SMILES string of the molecule is CC(=O)O[C@H]1CC[C@@]23Oc4c(c(O)cc5c4CNC5=O)C[C@]2(C)[C@@H](C)CC[C@H]3C1(C)C. The van der Waals surface area contributed by atoms with Crippen LogP contribution in [0.5, 0.6) is 11.5 Å². The van der Waals surface area contributed by atoms with E-state index in [0.717, 1.165) is 43.2 Å². The van der Waals surface area contributed by atoms with Crippen LogP contribution < -0.4 is 10.1 Å². The van der Waals surface area contributed by atoms with Crippen molar-refractivity contribution in [1.82, 2.24) is 5.32 Å². The van der Waals surface area contributed by atoms with Gasteiger partial charge in [-0.15, -0.1) is 0 Å². The van der Waals surface area contributed by atoms with Crippen molar-refractivity contribution < 1.29 is 24.2 Å². The van der Waals surface area contributed by atoms with E-state index in [0.29, 0.717) is 23.8 Å². The molecule has 1 aromatic carbocycles. The normalized spacial score (nSPS) is 37.5. The van der Waals surface area contributed by atoms with Crippen LogP contribution in [0, 0.1) is 22.7 Å². The number of carbonyl (C=O) groups is 2. The topological polar surface area (TPSA) is 84.9 Å². The highest BCUT2D eigenvalue weighted by atomic mass is 16.5. The average molecular weight is 428 g/mol. The minimum Gasteiger partial charge on any atom is -0.508 e. The summed E-state index contributed by atoms with van der Waals surface area (Å²) in [6.07, 6.45) is 4.21. The number of phenolic OH excluding ortho intramolecular Hbond substituents is 1. The second-order valence-corrected chi connectivity index (χ2v) is 11.0. The summed E-state index contributed by atoms with van der Waals surface area (Å²) < 4.78 is 12.8. The number of ether oxygens (including phenoxy) is 2. The Morgan fingerprint density at radius 2 is 1.97 bits per heavy atom. The summed E-state index contributed by atoms with van der Waals surface area (Å²) in [7, 11) is 0. The third-order valence-corrected chi connectivity index (χ3v) is 9.28. The van der Waals surface area contributed by atoms with E-state index in [1.165, 1.54) is 6.92 Å². The lowest BCUT2D eigenvalue weighted by Gasteiger charge is -2.67. The molecule has 6 nitrogen and oxygen atoms in total. The van der Waals surface area contributed by atoms with Crippen molar-refractivity contribution in [3.05, 3.63) is 22.8 Å². The highest BCUT2D eigenvalue weighted by Gasteiger charge is 2.68. The first-order chi connectivity index (χ1) is 14.5. The molecule has 2 saturated carbocycles. The molecule has 0 unspecified atom stereocenters. The van der Waals surface area contributed by atoms with E-state index in [4.69, 9.17) is 9.47 Å². The van der Waals surface area contributed by atoms with Gasteiger partial charge in [-0.2, -0.15) is 0 Å². The molecule has 2 aliphatic carbocycles. The predicted molar refractivity (Wildman–Crippen MR) is 115 cm³/mol. The third-order valence-electron chi connectivity index (χ3n) is 9.28. The van der Waals surface area contributed by atoms with Crippen molar-refractivity contribution in [1.29, 1.82) is 0 Å². The Hall–Kier alpha value is -2.24. The van der Waals surface area contributed by atoms with Crippen LogP contribution in [0.15, 0.2) is 6.07 Å². The zero-order chi connectivity index (χ0) is 22.3. The number of aromatic hydroxyl groups is 1. The first kappa shape index (κ1) is 20.7. The molecule has 1 amide bonds. The Morgan fingerprint density at radius 1 is 1.23 bits per heavy atom. The molecule has 0 bridgehead atoms. The molecular weight excluding hydrogens is 394 g/mol. The Bertz CT molecular complexity index is 985. The number of esters is 1. The number of nitrogens with one attached hydrogen (secondary N) is 1. The number of fused-ring (bicyclic) bond motifs is 3. The first-order valence-electron chi connectivity index (χ1n) is 11.5. The number of rotatable bonds is 1. The van der Waals surface area contributed by atoms with Gasteiger partial charge in [0.15, 0.2) is 0 Å². The molecule has 2 N–H and O–H groups in total. The molecule has 4 aliphatic rings. The summed E-state index contributed by atoms with van der Waals surface area (Å²) >= 11 is 0. The number of amides is 1. The Labute approximate surface area is 183 Å². The van der Waals surface area contributed by atoms with Gasteiger partial charge in [0.05, 0.1) is 5.56 Å². The monoisotopic (exact) mass is 427 g/mol. The van der Waals surface area contributed by atoms with E-state index in [2.05, 4.69) is 33.0 Å². The van der Waals surface area contributed by atoms with Crippen LogP contribution in [0.3, 0.4) is 0 Å². The molecule has 0 aromatic heterocycles. The zero-order valence-corrected chi connectivity index (χ0v) is 19.1. The van der Waals surface area contributed by atoms with Crippen LogP contribution >= 0.6 is 0 Å². The number of benzene rings is 1. The van der Waals surface area contributed by atoms with Crippen molar-refractivity contribution in [2.45, 2.75) is 85.0 Å². The number of phenols is 1. The van der Waals surface area contributed by atoms with Crippen molar-refractivity contribution >= 4 is 11.9 Å². The van der Waals surface area contributed by atoms with Crippen molar-refractivity contribution in [3.63, 3.8) is 0 Å². The fourth-order valence-electron chi connectivity index (χ4n) is 7.35. The summed E-state index contributed by atoms with van der Waals surface area (Å²) in [5.41, 5.74) is 1.39. The van der Waals surface area contributed by atoms with Gasteiger partial charge >= 0.3 is 5.97 Å². The molecule has 0 saturated heterocycles. The molecule has 2 heterocycles. The Morgan fingerprint density at radius 3 is 2.68 bits per heavy atom. The predicted octanol–water partition coefficient (Wildman–Crippen LogP) is 4.11. The second-order valence-electron chi connectivity index (χ2n) is 11.0. The smallest absolute Gasteiger partial charge is 0.302 e. The van der Waals surface area contributed by atoms with E-state index in [1.807, 2.05) is 0 Å². The van der Waals surface area contributed by atoms with Gasteiger partial charge in [-0.3, -0.25) is 9.59 Å². The maximum Gasteiger partial charge on any atom is 0.302 e. The largest absolute Gasteiger partial charge is 0.508 e. The lowest BCUT2D eigenvalue weighted by atomic mass is 9.43. The number of carbonyl (C=O) groups excluding carboxylic acids is 2. The van der Waals surface area contributed by atoms with E-state index in [1.54, 1.807) is 6.07 Å². The summed E-state index contributed by atoms with van der Waals surface area (Å²) in [5.74, 6) is 1.09. The van der Waals surface area contributed by atoms with E-state index in [9.17, 15) is 14.7 Å². The first-order valence-corrected chi connectivity index (χ1v) is 11.5. The van der Waals surface area contributed by atoms with Gasteiger partial charge in [-0.1, -0.05) is 27.7 Å². The van der Waals surface area contributed by atoms with E-state index >= 15 is 0 Å². The molecular formula is C25H33NO5. The fraction of sp³-hybridized carbons (Fsp3) is 0.680. The van der Waals surface area contributed by atoms with Crippen molar-refractivity contribution in [2.24, 2.45) is 22.7 Å². The molecule has 168 valence electrons. The maximum absolute atomic E-state index is 12.3. The summed E-state index contributed by atoms with van der Waals surface area (Å²) in [6.45, 7) is 10.9. The number of hydrogen-bond donors (Lipinski definition) is 2. The average Bonchev–Trinajstić information content (AvgIpc) is 3.05. The molecule has 5 atom stereocenters. The van der Waals surface area contributed by atoms with Crippen LogP contribution in [-0.2, 0) is 22.5 Å². The number of hydrogen-bond acceptors (Lipinski definition) is 5. The van der Waals surface area contributed by atoms with Gasteiger partial charge in [0.2, 0.25) is 0 Å². The van der Waals surface area contributed by atoms with Gasteiger partial charge in [-0.25, -0.2) is 0 Å². The molecule has 5 rings (SSSR count). The quantitative estimate of drug-likeness (QED) is 0.659. The standard InChI is InChI=1S/C25H33NO5/c1-13-6-7-19-23(3,4)20(30-14(2)27)8-9-25(19)24(13,5)11-16-18(28)10-15-17(21(16)31-25)12-26-22(15)29/h10,13,19-20,28H,6-9,11-12H2,1-5H3,(H,26,29)/t13-,19-,20-,24+,25-/m0/s1. The van der Waals surface area contributed by atoms with Crippen LogP contribution in [-0.4, -0.2) is 28.7 Å². The third kappa shape index (κ3) is 2.56. The molecule has 1 aromatic rings. The molecule has 2 fully saturated rings. The molecule has 0 radical (unpaired) electrons. The van der Waals surface area contributed by atoms with Crippen molar-refractivity contribution in [3.8, 4) is 11.5 Å². The fourth-order valence-corrected chi connectivity index (χ4v) is 7.35. The van der Waals surface area contributed by atoms with Gasteiger partial charge in [0, 0.05) is 41.3 Å². The lowest BCUT2D eigenvalue weighted by molar-refractivity contribution is -0.238. The Kier molecular flexibility index (Phi) is 4.26. The zero-order valence-electron chi connectivity index (χ0n) is 19.1. The molecule has 1 spiro atoms. The highest BCUT2D eigenvalue weighted by molar-refractivity contribution is 6.00. The second kappa shape index (κ2) is 6.39. The van der Waals surface area contributed by atoms with Gasteiger partial charge in [0.1, 0.15) is 23.2 Å². The Balaban J connectivity index is 1.67. The molecule has 6 heteroatoms. The summed E-state index contributed by atoms with van der Waals surface area (Å²) in [4.78, 5) is 24.1. The highest BCUT2D eigenvalue weighted by Crippen LogP contribution is 2.67. The van der Waals surface area contributed by atoms with Crippen LogP contribution in [0.2, 0.25) is 0 Å². The van der Waals surface area contributed by atoms with Gasteiger partial charge in [0.25, 0.3) is 5.91 Å². The van der Waals surface area contributed by atoms with E-state index < -0.39 is 5.60 Å². The minimum absolute atomic E-state index is 0.138. The lowest BCUT2D eigenvalue weighted by Crippen LogP contribution is -2.70. The van der Waals surface area contributed by atoms with Crippen LogP contribution in [0.4, 0.5) is 0 Å². The summed E-state index contributed by atoms with van der Waals surface area (Å²) in [6, 6.07) is 1.60. The van der Waals surface area contributed by atoms with Crippen molar-refractivity contribution in [2.75, 3.05) is 0 Å². The molecule has 2 aliphatic heterocycles. The maximum atomic E-state index is 12.3. The minimum atomic E-state index is -0.426. The van der Waals surface area contributed by atoms with Gasteiger partial charge < -0.3 is 19.9 Å².